The van der Waals surface area contributed by atoms with E-state index in [2.05, 4.69) is 46.8 Å². The lowest BCUT2D eigenvalue weighted by atomic mass is 10.1. The van der Waals surface area contributed by atoms with Crippen molar-refractivity contribution in [2.24, 2.45) is 0 Å². The zero-order chi connectivity index (χ0) is 18.6. The summed E-state index contributed by atoms with van der Waals surface area (Å²) in [5.74, 6) is 1.82. The van der Waals surface area contributed by atoms with Crippen molar-refractivity contribution in [1.29, 1.82) is 0 Å². The van der Waals surface area contributed by atoms with Gasteiger partial charge in [0.15, 0.2) is 0 Å². The van der Waals surface area contributed by atoms with Gasteiger partial charge in [0.1, 0.15) is 5.75 Å². The fourth-order valence-corrected chi connectivity index (χ4v) is 3.63. The lowest BCUT2D eigenvalue weighted by Crippen LogP contribution is -2.46. The van der Waals surface area contributed by atoms with Gasteiger partial charge in [-0.25, -0.2) is 9.97 Å². The molecule has 6 nitrogen and oxygen atoms in total. The van der Waals surface area contributed by atoms with E-state index in [1.165, 1.54) is 5.56 Å². The third kappa shape index (κ3) is 4.57. The first kappa shape index (κ1) is 18.2. The molecule has 1 aromatic heterocycles. The summed E-state index contributed by atoms with van der Waals surface area (Å²) in [7, 11) is 0. The third-order valence-corrected chi connectivity index (χ3v) is 5.01. The minimum Gasteiger partial charge on any atom is -0.491 e. The molecule has 0 spiro atoms. The number of aromatic nitrogens is 2. The molecular weight excluding hydrogens is 340 g/mol. The van der Waals surface area contributed by atoms with Crippen LogP contribution in [0.15, 0.2) is 30.5 Å². The van der Waals surface area contributed by atoms with Gasteiger partial charge in [0.05, 0.1) is 25.0 Å². The Hall–Kier alpha value is -2.18. The Bertz CT molecular complexity index is 773. The van der Waals surface area contributed by atoms with Gasteiger partial charge in [0.2, 0.25) is 5.95 Å². The molecule has 0 bridgehead atoms. The van der Waals surface area contributed by atoms with E-state index in [4.69, 9.17) is 14.5 Å². The van der Waals surface area contributed by atoms with Gasteiger partial charge >= 0.3 is 0 Å². The SMILES string of the molecule is CC(C)Oc1cccc(CN2CCN(c3ncc4c(n3)CCOC4)CC2)c1. The molecule has 6 heteroatoms. The van der Waals surface area contributed by atoms with Crippen molar-refractivity contribution in [3.8, 4) is 5.75 Å². The summed E-state index contributed by atoms with van der Waals surface area (Å²) in [4.78, 5) is 14.1. The highest BCUT2D eigenvalue weighted by Crippen LogP contribution is 2.20. The van der Waals surface area contributed by atoms with Gasteiger partial charge in [0, 0.05) is 50.9 Å². The van der Waals surface area contributed by atoms with E-state index in [-0.39, 0.29) is 6.10 Å². The quantitative estimate of drug-likeness (QED) is 0.809. The summed E-state index contributed by atoms with van der Waals surface area (Å²) in [6.45, 7) is 10.4. The summed E-state index contributed by atoms with van der Waals surface area (Å²) in [6, 6.07) is 8.43. The monoisotopic (exact) mass is 368 g/mol. The number of hydrogen-bond acceptors (Lipinski definition) is 6. The van der Waals surface area contributed by atoms with Crippen molar-refractivity contribution >= 4 is 5.95 Å². The molecule has 144 valence electrons. The van der Waals surface area contributed by atoms with Gasteiger partial charge in [-0.3, -0.25) is 4.90 Å². The minimum absolute atomic E-state index is 0.201. The van der Waals surface area contributed by atoms with Crippen LogP contribution in [0, 0.1) is 0 Å². The number of hydrogen-bond donors (Lipinski definition) is 0. The molecule has 1 aromatic carbocycles. The zero-order valence-electron chi connectivity index (χ0n) is 16.2. The molecule has 3 heterocycles. The van der Waals surface area contributed by atoms with Crippen molar-refractivity contribution in [3.63, 3.8) is 0 Å². The van der Waals surface area contributed by atoms with Crippen molar-refractivity contribution in [2.75, 3.05) is 37.7 Å². The highest BCUT2D eigenvalue weighted by atomic mass is 16.5. The van der Waals surface area contributed by atoms with Crippen LogP contribution in [0.1, 0.15) is 30.7 Å². The Morgan fingerprint density at radius 2 is 2.04 bits per heavy atom. The molecule has 1 saturated heterocycles. The fraction of sp³-hybridized carbons (Fsp3) is 0.524. The number of rotatable bonds is 5. The van der Waals surface area contributed by atoms with Crippen LogP contribution in [0.5, 0.6) is 5.75 Å². The van der Waals surface area contributed by atoms with E-state index in [9.17, 15) is 0 Å². The number of ether oxygens (including phenoxy) is 2. The van der Waals surface area contributed by atoms with Crippen molar-refractivity contribution in [2.45, 2.75) is 39.5 Å². The predicted molar refractivity (Wildman–Crippen MR) is 105 cm³/mol. The molecule has 1 fully saturated rings. The lowest BCUT2D eigenvalue weighted by Gasteiger charge is -2.35. The van der Waals surface area contributed by atoms with Crippen LogP contribution in [0.2, 0.25) is 0 Å². The maximum absolute atomic E-state index is 5.81. The van der Waals surface area contributed by atoms with Gasteiger partial charge in [-0.2, -0.15) is 0 Å². The first-order valence-corrected chi connectivity index (χ1v) is 9.83. The molecule has 0 atom stereocenters. The summed E-state index contributed by atoms with van der Waals surface area (Å²) in [6.07, 6.45) is 3.02. The van der Waals surface area contributed by atoms with Crippen molar-refractivity contribution in [3.05, 3.63) is 47.3 Å². The molecule has 0 saturated carbocycles. The molecular formula is C21H28N4O2. The van der Waals surface area contributed by atoms with Crippen molar-refractivity contribution in [1.82, 2.24) is 14.9 Å². The summed E-state index contributed by atoms with van der Waals surface area (Å²) in [5, 5.41) is 0. The van der Waals surface area contributed by atoms with Gasteiger partial charge in [-0.15, -0.1) is 0 Å². The third-order valence-electron chi connectivity index (χ3n) is 5.01. The Balaban J connectivity index is 1.34. The molecule has 0 N–H and O–H groups in total. The number of piperazine rings is 1. The molecule has 4 rings (SSSR count). The Labute approximate surface area is 161 Å². The van der Waals surface area contributed by atoms with Crippen LogP contribution in [0.4, 0.5) is 5.95 Å². The topological polar surface area (TPSA) is 50.7 Å². The number of nitrogens with zero attached hydrogens (tertiary/aromatic N) is 4. The molecule has 0 radical (unpaired) electrons. The molecule has 2 aliphatic rings. The number of anilines is 1. The van der Waals surface area contributed by atoms with Crippen molar-refractivity contribution < 1.29 is 9.47 Å². The van der Waals surface area contributed by atoms with E-state index in [0.717, 1.165) is 68.7 Å². The van der Waals surface area contributed by atoms with E-state index in [0.29, 0.717) is 6.61 Å². The molecule has 0 unspecified atom stereocenters. The minimum atomic E-state index is 0.201. The smallest absolute Gasteiger partial charge is 0.225 e. The Kier molecular flexibility index (Phi) is 5.55. The van der Waals surface area contributed by atoms with Crippen LogP contribution in [-0.2, 0) is 24.3 Å². The Morgan fingerprint density at radius 3 is 2.85 bits per heavy atom. The molecule has 27 heavy (non-hydrogen) atoms. The summed E-state index contributed by atoms with van der Waals surface area (Å²) >= 11 is 0. The Morgan fingerprint density at radius 1 is 1.19 bits per heavy atom. The van der Waals surface area contributed by atoms with Crippen LogP contribution < -0.4 is 9.64 Å². The molecule has 0 amide bonds. The van der Waals surface area contributed by atoms with Crippen LogP contribution >= 0.6 is 0 Å². The second kappa shape index (κ2) is 8.23. The average molecular weight is 368 g/mol. The second-order valence-electron chi connectivity index (χ2n) is 7.52. The molecule has 2 aromatic rings. The normalized spacial score (nSPS) is 17.8. The maximum Gasteiger partial charge on any atom is 0.225 e. The average Bonchev–Trinajstić information content (AvgIpc) is 2.68. The van der Waals surface area contributed by atoms with Gasteiger partial charge in [-0.1, -0.05) is 12.1 Å². The number of fused-ring (bicyclic) bond motifs is 1. The number of benzene rings is 1. The largest absolute Gasteiger partial charge is 0.491 e. The van der Waals surface area contributed by atoms with E-state index < -0.39 is 0 Å². The zero-order valence-corrected chi connectivity index (χ0v) is 16.2. The summed E-state index contributed by atoms with van der Waals surface area (Å²) in [5.41, 5.74) is 3.58. The van der Waals surface area contributed by atoms with Gasteiger partial charge in [-0.05, 0) is 31.5 Å². The van der Waals surface area contributed by atoms with Crippen LogP contribution in [0.3, 0.4) is 0 Å². The van der Waals surface area contributed by atoms with E-state index in [1.807, 2.05) is 12.3 Å². The lowest BCUT2D eigenvalue weighted by molar-refractivity contribution is 0.109. The molecule has 0 aliphatic carbocycles. The predicted octanol–water partition coefficient (Wildman–Crippen LogP) is 2.66. The first-order chi connectivity index (χ1) is 13.2. The standard InChI is InChI=1S/C21H28N4O2/c1-16(2)27-19-5-3-4-17(12-19)14-24-7-9-25(10-8-24)21-22-13-18-15-26-11-6-20(18)23-21/h3-5,12-13,16H,6-11,14-15H2,1-2H3. The highest BCUT2D eigenvalue weighted by Gasteiger charge is 2.21. The first-order valence-electron chi connectivity index (χ1n) is 9.83. The van der Waals surface area contributed by atoms with E-state index >= 15 is 0 Å². The van der Waals surface area contributed by atoms with Crippen LogP contribution in [-0.4, -0.2) is 53.8 Å². The maximum atomic E-state index is 5.81. The van der Waals surface area contributed by atoms with Gasteiger partial charge < -0.3 is 14.4 Å². The highest BCUT2D eigenvalue weighted by molar-refractivity contribution is 5.35. The molecule has 2 aliphatic heterocycles. The van der Waals surface area contributed by atoms with E-state index in [1.54, 1.807) is 0 Å². The van der Waals surface area contributed by atoms with Gasteiger partial charge in [0.25, 0.3) is 0 Å². The second-order valence-corrected chi connectivity index (χ2v) is 7.52. The van der Waals surface area contributed by atoms with Crippen LogP contribution in [0.25, 0.3) is 0 Å². The fourth-order valence-electron chi connectivity index (χ4n) is 3.63. The summed E-state index contributed by atoms with van der Waals surface area (Å²) < 4.78 is 11.3.